The highest BCUT2D eigenvalue weighted by atomic mass is 35.5. The van der Waals surface area contributed by atoms with E-state index in [9.17, 15) is 4.79 Å². The average molecular weight is 286 g/mol. The molecule has 1 aromatic carbocycles. The number of hydrogen-bond acceptors (Lipinski definition) is 2. The molecule has 0 saturated heterocycles. The first kappa shape index (κ1) is 14.7. The molecule has 4 nitrogen and oxygen atoms in total. The summed E-state index contributed by atoms with van der Waals surface area (Å²) >= 11 is 11.1. The number of anilines is 1. The third-order valence-corrected chi connectivity index (χ3v) is 2.98. The summed E-state index contributed by atoms with van der Waals surface area (Å²) in [6.07, 6.45) is 0. The van der Waals surface area contributed by atoms with Crippen molar-refractivity contribution >= 4 is 40.5 Å². The quantitative estimate of drug-likeness (QED) is 0.834. The number of rotatable bonds is 3. The summed E-state index contributed by atoms with van der Waals surface area (Å²) in [7, 11) is 3.39. The van der Waals surface area contributed by atoms with Gasteiger partial charge in [0.05, 0.1) is 6.54 Å². The zero-order chi connectivity index (χ0) is 13.7. The third kappa shape index (κ3) is 4.50. The van der Waals surface area contributed by atoms with E-state index >= 15 is 0 Å². The Labute approximate surface area is 117 Å². The molecule has 0 aromatic heterocycles. The number of carbonyl (C=O) groups is 1. The molecule has 1 amide bonds. The van der Waals surface area contributed by atoms with Gasteiger partial charge in [0.15, 0.2) is 5.11 Å². The number of halogens is 1. The molecule has 0 aliphatic heterocycles. The summed E-state index contributed by atoms with van der Waals surface area (Å²) in [6.45, 7) is 2.09. The minimum absolute atomic E-state index is 0.0407. The summed E-state index contributed by atoms with van der Waals surface area (Å²) in [6, 6.07) is 5.57. The molecule has 0 bridgehead atoms. The molecule has 0 heterocycles. The van der Waals surface area contributed by atoms with Crippen LogP contribution in [0, 0.1) is 6.92 Å². The van der Waals surface area contributed by atoms with Crippen LogP contribution in [0.1, 0.15) is 5.56 Å². The largest absolute Gasteiger partial charge is 0.353 e. The number of nitrogens with one attached hydrogen (secondary N) is 2. The van der Waals surface area contributed by atoms with Crippen molar-refractivity contribution < 1.29 is 4.79 Å². The number of thiocarbonyl (C=S) groups is 1. The first-order valence-electron chi connectivity index (χ1n) is 5.41. The van der Waals surface area contributed by atoms with E-state index in [-0.39, 0.29) is 12.5 Å². The monoisotopic (exact) mass is 285 g/mol. The second-order valence-electron chi connectivity index (χ2n) is 4.06. The van der Waals surface area contributed by atoms with Crippen molar-refractivity contribution in [2.45, 2.75) is 6.92 Å². The van der Waals surface area contributed by atoms with Crippen molar-refractivity contribution in [2.24, 2.45) is 0 Å². The standard InChI is InChI=1S/C12H16ClN3OS/c1-8-4-5-9(6-10(8)13)15-12(18)14-7-11(17)16(2)3/h4-6H,7H2,1-3H3,(H2,14,15,18). The van der Waals surface area contributed by atoms with Gasteiger partial charge in [0.25, 0.3) is 0 Å². The predicted molar refractivity (Wildman–Crippen MR) is 79.1 cm³/mol. The van der Waals surface area contributed by atoms with Gasteiger partial charge in [0.2, 0.25) is 5.91 Å². The van der Waals surface area contributed by atoms with Gasteiger partial charge >= 0.3 is 0 Å². The number of aryl methyl sites for hydroxylation is 1. The van der Waals surface area contributed by atoms with Crippen molar-refractivity contribution in [3.8, 4) is 0 Å². The van der Waals surface area contributed by atoms with Crippen LogP contribution in [0.2, 0.25) is 5.02 Å². The summed E-state index contributed by atoms with van der Waals surface area (Å²) in [5, 5.41) is 6.87. The molecule has 0 saturated carbocycles. The Kier molecular flexibility index (Phi) is 5.37. The Balaban J connectivity index is 2.49. The Hall–Kier alpha value is -1.33. The maximum Gasteiger partial charge on any atom is 0.241 e. The fourth-order valence-electron chi connectivity index (χ4n) is 1.16. The van der Waals surface area contributed by atoms with Gasteiger partial charge in [-0.25, -0.2) is 0 Å². The highest BCUT2D eigenvalue weighted by molar-refractivity contribution is 7.80. The highest BCUT2D eigenvalue weighted by Gasteiger charge is 2.05. The van der Waals surface area contributed by atoms with Crippen LogP contribution in [0.3, 0.4) is 0 Å². The minimum atomic E-state index is -0.0407. The fourth-order valence-corrected chi connectivity index (χ4v) is 1.53. The van der Waals surface area contributed by atoms with Crippen LogP contribution >= 0.6 is 23.8 Å². The van der Waals surface area contributed by atoms with Crippen LogP contribution in [0.4, 0.5) is 5.69 Å². The van der Waals surface area contributed by atoms with Gasteiger partial charge in [0.1, 0.15) is 0 Å². The van der Waals surface area contributed by atoms with E-state index in [1.807, 2.05) is 19.1 Å². The lowest BCUT2D eigenvalue weighted by molar-refractivity contribution is -0.127. The summed E-state index contributed by atoms with van der Waals surface area (Å²) in [5.74, 6) is -0.0407. The van der Waals surface area contributed by atoms with Crippen molar-refractivity contribution in [1.82, 2.24) is 10.2 Å². The van der Waals surface area contributed by atoms with Gasteiger partial charge in [-0.05, 0) is 36.8 Å². The normalized spacial score (nSPS) is 9.78. The van der Waals surface area contributed by atoms with Gasteiger partial charge < -0.3 is 15.5 Å². The van der Waals surface area contributed by atoms with E-state index in [1.165, 1.54) is 4.90 Å². The molecule has 98 valence electrons. The van der Waals surface area contributed by atoms with Gasteiger partial charge in [-0.15, -0.1) is 0 Å². The molecule has 0 aliphatic rings. The second-order valence-corrected chi connectivity index (χ2v) is 4.88. The minimum Gasteiger partial charge on any atom is -0.353 e. The Morgan fingerprint density at radius 2 is 2.11 bits per heavy atom. The van der Waals surface area contributed by atoms with Crippen LogP contribution in [-0.4, -0.2) is 36.6 Å². The number of amides is 1. The number of nitrogens with zero attached hydrogens (tertiary/aromatic N) is 1. The molecule has 2 N–H and O–H groups in total. The molecule has 6 heteroatoms. The fraction of sp³-hybridized carbons (Fsp3) is 0.333. The number of carbonyl (C=O) groups excluding carboxylic acids is 1. The Morgan fingerprint density at radius 1 is 1.44 bits per heavy atom. The van der Waals surface area contributed by atoms with Crippen molar-refractivity contribution in [3.05, 3.63) is 28.8 Å². The number of benzene rings is 1. The molecule has 1 aromatic rings. The lowest BCUT2D eigenvalue weighted by Crippen LogP contribution is -2.38. The molecular formula is C12H16ClN3OS. The average Bonchev–Trinajstić information content (AvgIpc) is 2.30. The van der Waals surface area contributed by atoms with Crippen LogP contribution in [-0.2, 0) is 4.79 Å². The van der Waals surface area contributed by atoms with Crippen molar-refractivity contribution in [3.63, 3.8) is 0 Å². The lowest BCUT2D eigenvalue weighted by atomic mass is 10.2. The van der Waals surface area contributed by atoms with E-state index in [0.29, 0.717) is 10.1 Å². The molecule has 0 radical (unpaired) electrons. The van der Waals surface area contributed by atoms with Crippen molar-refractivity contribution in [2.75, 3.05) is 26.0 Å². The van der Waals surface area contributed by atoms with Gasteiger partial charge in [0, 0.05) is 24.8 Å². The maximum atomic E-state index is 11.4. The Bertz CT molecular complexity index is 463. The molecule has 0 unspecified atom stereocenters. The van der Waals surface area contributed by atoms with Crippen molar-refractivity contribution in [1.29, 1.82) is 0 Å². The van der Waals surface area contributed by atoms with E-state index < -0.39 is 0 Å². The summed E-state index contributed by atoms with van der Waals surface area (Å²) in [4.78, 5) is 12.9. The van der Waals surface area contributed by atoms with Gasteiger partial charge in [-0.1, -0.05) is 17.7 Å². The molecular weight excluding hydrogens is 270 g/mol. The molecule has 0 atom stereocenters. The van der Waals surface area contributed by atoms with E-state index in [2.05, 4.69) is 10.6 Å². The van der Waals surface area contributed by atoms with E-state index in [1.54, 1.807) is 20.2 Å². The number of hydrogen-bond donors (Lipinski definition) is 2. The van der Waals surface area contributed by atoms with Crippen LogP contribution in [0.5, 0.6) is 0 Å². The summed E-state index contributed by atoms with van der Waals surface area (Å²) < 4.78 is 0. The molecule has 0 spiro atoms. The smallest absolute Gasteiger partial charge is 0.241 e. The summed E-state index contributed by atoms with van der Waals surface area (Å²) in [5.41, 5.74) is 1.80. The van der Waals surface area contributed by atoms with Gasteiger partial charge in [-0.2, -0.15) is 0 Å². The van der Waals surface area contributed by atoms with Crippen LogP contribution in [0.25, 0.3) is 0 Å². The third-order valence-electron chi connectivity index (χ3n) is 2.33. The van der Waals surface area contributed by atoms with Crippen LogP contribution < -0.4 is 10.6 Å². The Morgan fingerprint density at radius 3 is 2.67 bits per heavy atom. The molecule has 0 aliphatic carbocycles. The zero-order valence-corrected chi connectivity index (χ0v) is 12.2. The maximum absolute atomic E-state index is 11.4. The van der Waals surface area contributed by atoms with E-state index in [4.69, 9.17) is 23.8 Å². The highest BCUT2D eigenvalue weighted by Crippen LogP contribution is 2.19. The second kappa shape index (κ2) is 6.56. The molecule has 0 fully saturated rings. The molecule has 18 heavy (non-hydrogen) atoms. The first-order valence-corrected chi connectivity index (χ1v) is 6.20. The van der Waals surface area contributed by atoms with Gasteiger partial charge in [-0.3, -0.25) is 4.79 Å². The SMILES string of the molecule is Cc1ccc(NC(=S)NCC(=O)N(C)C)cc1Cl. The lowest BCUT2D eigenvalue weighted by Gasteiger charge is -2.13. The molecule has 1 rings (SSSR count). The van der Waals surface area contributed by atoms with Crippen LogP contribution in [0.15, 0.2) is 18.2 Å². The topological polar surface area (TPSA) is 44.4 Å². The first-order chi connectivity index (χ1) is 8.40. The zero-order valence-electron chi connectivity index (χ0n) is 10.6. The predicted octanol–water partition coefficient (Wildman–Crippen LogP) is 2.02. The number of likely N-dealkylation sites (N-methyl/N-ethyl adjacent to an activating group) is 1. The van der Waals surface area contributed by atoms with E-state index in [0.717, 1.165) is 11.3 Å².